The van der Waals surface area contributed by atoms with E-state index in [-0.39, 0.29) is 23.6 Å². The van der Waals surface area contributed by atoms with E-state index in [0.717, 1.165) is 5.56 Å². The summed E-state index contributed by atoms with van der Waals surface area (Å²) in [5.74, 6) is -0.227. The molecule has 0 spiro atoms. The lowest BCUT2D eigenvalue weighted by Gasteiger charge is -2.08. The first-order valence-corrected chi connectivity index (χ1v) is 7.26. The minimum atomic E-state index is -0.227. The standard InChI is InChI=1S/C17H13ClN4O.ClH/c18-17-20-10-9-14(22-17)11-5-7-12(8-6-11)16(23)21-15-4-2-1-3-13(15)19;/h1-10H,19H2,(H,21,23);1H. The molecule has 2 aromatic carbocycles. The van der Waals surface area contributed by atoms with Crippen LogP contribution in [0.5, 0.6) is 0 Å². The van der Waals surface area contributed by atoms with Crippen molar-refractivity contribution < 1.29 is 4.79 Å². The Morgan fingerprint density at radius 2 is 1.75 bits per heavy atom. The minimum Gasteiger partial charge on any atom is -0.397 e. The second kappa shape index (κ2) is 7.77. The smallest absolute Gasteiger partial charge is 0.255 e. The maximum Gasteiger partial charge on any atom is 0.255 e. The van der Waals surface area contributed by atoms with Crippen molar-refractivity contribution in [2.45, 2.75) is 0 Å². The molecule has 0 radical (unpaired) electrons. The number of hydrogen-bond acceptors (Lipinski definition) is 4. The highest BCUT2D eigenvalue weighted by Gasteiger charge is 2.08. The van der Waals surface area contributed by atoms with Crippen LogP contribution in [0.15, 0.2) is 60.8 Å². The number of anilines is 2. The zero-order valence-corrected chi connectivity index (χ0v) is 14.0. The molecule has 3 rings (SSSR count). The maximum atomic E-state index is 12.3. The van der Waals surface area contributed by atoms with Crippen LogP contribution in [0.3, 0.4) is 0 Å². The highest BCUT2D eigenvalue weighted by molar-refractivity contribution is 6.28. The van der Waals surface area contributed by atoms with Crippen molar-refractivity contribution >= 4 is 41.3 Å². The van der Waals surface area contributed by atoms with Crippen molar-refractivity contribution in [1.29, 1.82) is 0 Å². The number of benzene rings is 2. The number of aromatic nitrogens is 2. The van der Waals surface area contributed by atoms with Crippen LogP contribution >= 0.6 is 24.0 Å². The van der Waals surface area contributed by atoms with Gasteiger partial charge in [-0.25, -0.2) is 9.97 Å². The zero-order valence-electron chi connectivity index (χ0n) is 12.4. The monoisotopic (exact) mass is 360 g/mol. The minimum absolute atomic E-state index is 0. The van der Waals surface area contributed by atoms with E-state index in [2.05, 4.69) is 15.3 Å². The SMILES string of the molecule is Cl.Nc1ccccc1NC(=O)c1ccc(-c2ccnc(Cl)n2)cc1. The fourth-order valence-corrected chi connectivity index (χ4v) is 2.24. The van der Waals surface area contributed by atoms with Crippen LogP contribution < -0.4 is 11.1 Å². The average Bonchev–Trinajstić information content (AvgIpc) is 2.57. The van der Waals surface area contributed by atoms with Crippen LogP contribution in [0.25, 0.3) is 11.3 Å². The Hall–Kier alpha value is -2.63. The quantitative estimate of drug-likeness (QED) is 0.545. The van der Waals surface area contributed by atoms with Crippen molar-refractivity contribution in [3.63, 3.8) is 0 Å². The van der Waals surface area contributed by atoms with Crippen LogP contribution in [0.1, 0.15) is 10.4 Å². The molecule has 7 heteroatoms. The summed E-state index contributed by atoms with van der Waals surface area (Å²) in [5.41, 5.74) is 9.00. The third-order valence-electron chi connectivity index (χ3n) is 3.28. The highest BCUT2D eigenvalue weighted by Crippen LogP contribution is 2.20. The van der Waals surface area contributed by atoms with Gasteiger partial charge in [-0.3, -0.25) is 4.79 Å². The number of hydrogen-bond donors (Lipinski definition) is 2. The van der Waals surface area contributed by atoms with Gasteiger partial charge in [0.15, 0.2) is 0 Å². The lowest BCUT2D eigenvalue weighted by Crippen LogP contribution is -2.12. The van der Waals surface area contributed by atoms with E-state index in [4.69, 9.17) is 17.3 Å². The van der Waals surface area contributed by atoms with E-state index in [1.165, 1.54) is 0 Å². The molecule has 0 unspecified atom stereocenters. The van der Waals surface area contributed by atoms with Crippen LogP contribution in [0.4, 0.5) is 11.4 Å². The van der Waals surface area contributed by atoms with Crippen molar-refractivity contribution in [3.05, 3.63) is 71.6 Å². The van der Waals surface area contributed by atoms with Crippen LogP contribution in [0, 0.1) is 0 Å². The zero-order chi connectivity index (χ0) is 16.2. The third-order valence-corrected chi connectivity index (χ3v) is 3.46. The van der Waals surface area contributed by atoms with Gasteiger partial charge in [-0.15, -0.1) is 12.4 Å². The first-order valence-electron chi connectivity index (χ1n) is 6.88. The molecule has 5 nitrogen and oxygen atoms in total. The molecule has 3 aromatic rings. The largest absolute Gasteiger partial charge is 0.397 e. The molecular formula is C17H14Cl2N4O. The number of nitrogens with two attached hydrogens (primary N) is 1. The van der Waals surface area contributed by atoms with Gasteiger partial charge in [0.05, 0.1) is 17.1 Å². The van der Waals surface area contributed by atoms with Crippen LogP contribution in [-0.4, -0.2) is 15.9 Å². The number of carbonyl (C=O) groups is 1. The van der Waals surface area contributed by atoms with Gasteiger partial charge in [0.1, 0.15) is 0 Å². The molecule has 0 fully saturated rings. The molecule has 1 aromatic heterocycles. The number of nitrogens with zero attached hydrogens (tertiary/aromatic N) is 2. The van der Waals surface area contributed by atoms with E-state index in [1.54, 1.807) is 36.5 Å². The number of nitrogen functional groups attached to an aromatic ring is 1. The number of carbonyl (C=O) groups excluding carboxylic acids is 1. The Morgan fingerprint density at radius 3 is 2.42 bits per heavy atom. The molecule has 1 amide bonds. The van der Waals surface area contributed by atoms with Gasteiger partial charge < -0.3 is 11.1 Å². The molecule has 0 saturated heterocycles. The van der Waals surface area contributed by atoms with Gasteiger partial charge in [-0.05, 0) is 41.9 Å². The summed E-state index contributed by atoms with van der Waals surface area (Å²) in [6.45, 7) is 0. The number of para-hydroxylation sites is 2. The molecule has 0 bridgehead atoms. The molecule has 0 aliphatic heterocycles. The molecule has 3 N–H and O–H groups in total. The number of halogens is 2. The topological polar surface area (TPSA) is 80.9 Å². The van der Waals surface area contributed by atoms with E-state index in [0.29, 0.717) is 22.6 Å². The lowest BCUT2D eigenvalue weighted by atomic mass is 10.1. The summed E-state index contributed by atoms with van der Waals surface area (Å²) in [5, 5.41) is 2.97. The molecule has 122 valence electrons. The third kappa shape index (κ3) is 4.01. The number of rotatable bonds is 3. The Bertz CT molecular complexity index is 853. The number of nitrogens with one attached hydrogen (secondary N) is 1. The molecule has 0 saturated carbocycles. The summed E-state index contributed by atoms with van der Waals surface area (Å²) in [6, 6.07) is 15.9. The molecule has 0 aliphatic rings. The van der Waals surface area contributed by atoms with E-state index in [1.807, 2.05) is 24.3 Å². The predicted molar refractivity (Wildman–Crippen MR) is 98.5 cm³/mol. The first kappa shape index (κ1) is 17.7. The number of amides is 1. The van der Waals surface area contributed by atoms with Crippen LogP contribution in [0.2, 0.25) is 5.28 Å². The second-order valence-corrected chi connectivity index (χ2v) is 5.17. The summed E-state index contributed by atoms with van der Waals surface area (Å²) in [6.07, 6.45) is 1.59. The Labute approximate surface area is 150 Å². The predicted octanol–water partition coefficient (Wildman–Crippen LogP) is 4.05. The van der Waals surface area contributed by atoms with Crippen molar-refractivity contribution in [2.24, 2.45) is 0 Å². The average molecular weight is 361 g/mol. The van der Waals surface area contributed by atoms with E-state index in [9.17, 15) is 4.79 Å². The lowest BCUT2D eigenvalue weighted by molar-refractivity contribution is 0.102. The fraction of sp³-hybridized carbons (Fsp3) is 0. The summed E-state index contributed by atoms with van der Waals surface area (Å²) in [4.78, 5) is 20.2. The molecule has 0 aliphatic carbocycles. The van der Waals surface area contributed by atoms with Gasteiger partial charge in [0, 0.05) is 17.3 Å². The first-order chi connectivity index (χ1) is 11.1. The Balaban J connectivity index is 0.00000208. The molecular weight excluding hydrogens is 347 g/mol. The van der Waals surface area contributed by atoms with Crippen LogP contribution in [-0.2, 0) is 0 Å². The summed E-state index contributed by atoms with van der Waals surface area (Å²) < 4.78 is 0. The van der Waals surface area contributed by atoms with Gasteiger partial charge in [-0.2, -0.15) is 0 Å². The Kier molecular flexibility index (Phi) is 5.73. The second-order valence-electron chi connectivity index (χ2n) is 4.83. The van der Waals surface area contributed by atoms with Crippen molar-refractivity contribution in [2.75, 3.05) is 11.1 Å². The van der Waals surface area contributed by atoms with E-state index >= 15 is 0 Å². The fourth-order valence-electron chi connectivity index (χ4n) is 2.09. The van der Waals surface area contributed by atoms with Crippen molar-refractivity contribution in [3.8, 4) is 11.3 Å². The van der Waals surface area contributed by atoms with Gasteiger partial charge in [-0.1, -0.05) is 24.3 Å². The Morgan fingerprint density at radius 1 is 1.04 bits per heavy atom. The van der Waals surface area contributed by atoms with Gasteiger partial charge in [0.2, 0.25) is 5.28 Å². The molecule has 0 atom stereocenters. The molecule has 24 heavy (non-hydrogen) atoms. The van der Waals surface area contributed by atoms with Gasteiger partial charge >= 0.3 is 0 Å². The van der Waals surface area contributed by atoms with E-state index < -0.39 is 0 Å². The normalized spacial score (nSPS) is 9.88. The van der Waals surface area contributed by atoms with Crippen molar-refractivity contribution in [1.82, 2.24) is 9.97 Å². The van der Waals surface area contributed by atoms with Gasteiger partial charge in [0.25, 0.3) is 5.91 Å². The summed E-state index contributed by atoms with van der Waals surface area (Å²) >= 11 is 5.78. The molecule has 1 heterocycles. The summed E-state index contributed by atoms with van der Waals surface area (Å²) in [7, 11) is 0. The highest BCUT2D eigenvalue weighted by atomic mass is 35.5. The maximum absolute atomic E-state index is 12.3.